The quantitative estimate of drug-likeness (QED) is 0.542. The second-order valence-corrected chi connectivity index (χ2v) is 7.60. The number of pyridine rings is 1. The lowest BCUT2D eigenvalue weighted by atomic mass is 10.2. The number of carbonyl (C=O) groups excluding carboxylic acids is 1. The summed E-state index contributed by atoms with van der Waals surface area (Å²) < 4.78 is 0. The normalized spacial score (nSPS) is 10.7. The van der Waals surface area contributed by atoms with Crippen molar-refractivity contribution in [2.24, 2.45) is 0 Å². The molecule has 0 saturated heterocycles. The number of rotatable bonds is 5. The van der Waals surface area contributed by atoms with Gasteiger partial charge in [-0.15, -0.1) is 11.3 Å². The Morgan fingerprint density at radius 1 is 1.28 bits per heavy atom. The highest BCUT2D eigenvalue weighted by Crippen LogP contribution is 2.32. The van der Waals surface area contributed by atoms with E-state index >= 15 is 0 Å². The molecule has 1 amide bonds. The SMILES string of the molecule is CC(=O)N(c1ccc(C)cc1)c1nc(CSc2ncccc2Cl)cs1. The second-order valence-electron chi connectivity index (χ2n) is 5.39. The molecule has 0 bridgehead atoms. The first-order chi connectivity index (χ1) is 12.0. The number of nitrogens with zero attached hydrogens (tertiary/aromatic N) is 3. The van der Waals surface area contributed by atoms with E-state index < -0.39 is 0 Å². The summed E-state index contributed by atoms with van der Waals surface area (Å²) in [6.45, 7) is 3.56. The smallest absolute Gasteiger partial charge is 0.230 e. The van der Waals surface area contributed by atoms with E-state index in [1.165, 1.54) is 23.1 Å². The molecule has 25 heavy (non-hydrogen) atoms. The van der Waals surface area contributed by atoms with Crippen molar-refractivity contribution in [2.45, 2.75) is 24.6 Å². The van der Waals surface area contributed by atoms with Gasteiger partial charge in [0.2, 0.25) is 5.91 Å². The Kier molecular flexibility index (Phi) is 5.73. The number of thioether (sulfide) groups is 1. The van der Waals surface area contributed by atoms with E-state index in [-0.39, 0.29) is 5.91 Å². The summed E-state index contributed by atoms with van der Waals surface area (Å²) in [4.78, 5) is 22.6. The maximum Gasteiger partial charge on any atom is 0.230 e. The Labute approximate surface area is 159 Å². The van der Waals surface area contributed by atoms with Crippen molar-refractivity contribution in [3.63, 3.8) is 0 Å². The first kappa shape index (κ1) is 17.9. The van der Waals surface area contributed by atoms with Crippen molar-refractivity contribution in [3.8, 4) is 0 Å². The highest BCUT2D eigenvalue weighted by atomic mass is 35.5. The van der Waals surface area contributed by atoms with Gasteiger partial charge in [-0.2, -0.15) is 0 Å². The van der Waals surface area contributed by atoms with Crippen LogP contribution < -0.4 is 4.90 Å². The molecule has 3 aromatic rings. The lowest BCUT2D eigenvalue weighted by Crippen LogP contribution is -2.22. The van der Waals surface area contributed by atoms with Gasteiger partial charge < -0.3 is 0 Å². The van der Waals surface area contributed by atoms with E-state index in [0.717, 1.165) is 22.0 Å². The average molecular weight is 390 g/mol. The minimum atomic E-state index is -0.0647. The van der Waals surface area contributed by atoms with Crippen LogP contribution in [0.15, 0.2) is 53.0 Å². The number of hydrogen-bond donors (Lipinski definition) is 0. The number of amides is 1. The lowest BCUT2D eigenvalue weighted by molar-refractivity contribution is -0.115. The van der Waals surface area contributed by atoms with Crippen molar-refractivity contribution in [1.29, 1.82) is 0 Å². The predicted octanol–water partition coefficient (Wildman–Crippen LogP) is 5.48. The van der Waals surface area contributed by atoms with E-state index in [0.29, 0.717) is 15.9 Å². The van der Waals surface area contributed by atoms with Gasteiger partial charge in [-0.3, -0.25) is 9.69 Å². The summed E-state index contributed by atoms with van der Waals surface area (Å²) in [5.41, 5.74) is 2.86. The zero-order valence-electron chi connectivity index (χ0n) is 13.8. The number of thiazole rings is 1. The summed E-state index contributed by atoms with van der Waals surface area (Å²) >= 11 is 9.11. The summed E-state index contributed by atoms with van der Waals surface area (Å²) in [6.07, 6.45) is 1.72. The highest BCUT2D eigenvalue weighted by Gasteiger charge is 2.18. The Hall–Kier alpha value is -1.89. The predicted molar refractivity (Wildman–Crippen MR) is 105 cm³/mol. The summed E-state index contributed by atoms with van der Waals surface area (Å²) in [6, 6.07) is 11.5. The minimum Gasteiger partial charge on any atom is -0.274 e. The molecule has 2 heterocycles. The molecule has 0 unspecified atom stereocenters. The molecule has 0 aliphatic heterocycles. The molecule has 0 spiro atoms. The number of aromatic nitrogens is 2. The maximum absolute atomic E-state index is 12.1. The second kappa shape index (κ2) is 7.99. The maximum atomic E-state index is 12.1. The fourth-order valence-electron chi connectivity index (χ4n) is 2.21. The van der Waals surface area contributed by atoms with Gasteiger partial charge in [0.25, 0.3) is 0 Å². The van der Waals surface area contributed by atoms with Crippen LogP contribution in [-0.2, 0) is 10.5 Å². The molecule has 0 saturated carbocycles. The molecule has 0 aliphatic rings. The molecule has 0 fully saturated rings. The van der Waals surface area contributed by atoms with Crippen LogP contribution in [0.3, 0.4) is 0 Å². The highest BCUT2D eigenvalue weighted by molar-refractivity contribution is 7.98. The third kappa shape index (κ3) is 4.39. The molecule has 128 valence electrons. The van der Waals surface area contributed by atoms with Crippen LogP contribution in [0.4, 0.5) is 10.8 Å². The van der Waals surface area contributed by atoms with Crippen molar-refractivity contribution >= 4 is 51.4 Å². The molecule has 4 nitrogen and oxygen atoms in total. The monoisotopic (exact) mass is 389 g/mol. The molecule has 0 N–H and O–H groups in total. The molecule has 0 atom stereocenters. The third-order valence-corrected chi connectivity index (χ3v) is 5.75. The molecule has 0 aliphatic carbocycles. The van der Waals surface area contributed by atoms with Crippen LogP contribution in [0.5, 0.6) is 0 Å². The van der Waals surface area contributed by atoms with E-state index in [9.17, 15) is 4.79 Å². The molecule has 3 rings (SSSR count). The number of anilines is 2. The van der Waals surface area contributed by atoms with Crippen molar-refractivity contribution in [3.05, 3.63) is 64.3 Å². The minimum absolute atomic E-state index is 0.0647. The standard InChI is InChI=1S/C18H16ClN3OS2/c1-12-5-7-15(8-6-12)22(13(2)23)18-21-14(11-25-18)10-24-17-16(19)4-3-9-20-17/h3-9,11H,10H2,1-2H3. The fourth-order valence-corrected chi connectivity index (χ4v) is 4.26. The number of hydrogen-bond acceptors (Lipinski definition) is 5. The van der Waals surface area contributed by atoms with Crippen molar-refractivity contribution < 1.29 is 4.79 Å². The molecule has 0 radical (unpaired) electrons. The molecular formula is C18H16ClN3OS2. The summed E-state index contributed by atoms with van der Waals surface area (Å²) in [5.74, 6) is 0.581. The van der Waals surface area contributed by atoms with E-state index in [1.54, 1.807) is 24.1 Å². The van der Waals surface area contributed by atoms with E-state index in [1.807, 2.05) is 42.6 Å². The zero-order chi connectivity index (χ0) is 17.8. The Morgan fingerprint density at radius 2 is 2.04 bits per heavy atom. The topological polar surface area (TPSA) is 46.1 Å². The van der Waals surface area contributed by atoms with Crippen molar-refractivity contribution in [2.75, 3.05) is 4.90 Å². The largest absolute Gasteiger partial charge is 0.274 e. The van der Waals surface area contributed by atoms with Gasteiger partial charge in [0.05, 0.1) is 16.4 Å². The number of benzene rings is 1. The first-order valence-corrected chi connectivity index (χ1v) is 9.84. The van der Waals surface area contributed by atoms with Crippen molar-refractivity contribution in [1.82, 2.24) is 9.97 Å². The molecule has 2 aromatic heterocycles. The van der Waals surface area contributed by atoms with Crippen LogP contribution in [0.1, 0.15) is 18.2 Å². The number of aryl methyl sites for hydroxylation is 1. The van der Waals surface area contributed by atoms with Gasteiger partial charge in [0.1, 0.15) is 5.03 Å². The third-order valence-electron chi connectivity index (χ3n) is 3.42. The van der Waals surface area contributed by atoms with Gasteiger partial charge >= 0.3 is 0 Å². The lowest BCUT2D eigenvalue weighted by Gasteiger charge is -2.18. The Balaban J connectivity index is 1.77. The zero-order valence-corrected chi connectivity index (χ0v) is 16.2. The van der Waals surface area contributed by atoms with Gasteiger partial charge in [-0.05, 0) is 31.2 Å². The number of halogens is 1. The average Bonchev–Trinajstić information content (AvgIpc) is 3.04. The van der Waals surface area contributed by atoms with Crippen LogP contribution in [0, 0.1) is 6.92 Å². The van der Waals surface area contributed by atoms with Gasteiger partial charge in [-0.1, -0.05) is 41.1 Å². The van der Waals surface area contributed by atoms with Gasteiger partial charge in [-0.25, -0.2) is 9.97 Å². The van der Waals surface area contributed by atoms with Crippen LogP contribution in [0.25, 0.3) is 0 Å². The summed E-state index contributed by atoms with van der Waals surface area (Å²) in [5, 5.41) is 4.04. The molecule has 1 aromatic carbocycles. The first-order valence-electron chi connectivity index (χ1n) is 7.59. The fraction of sp³-hybridized carbons (Fsp3) is 0.167. The van der Waals surface area contributed by atoms with E-state index in [4.69, 9.17) is 11.6 Å². The van der Waals surface area contributed by atoms with Gasteiger partial charge in [0, 0.05) is 24.3 Å². The van der Waals surface area contributed by atoms with Gasteiger partial charge in [0.15, 0.2) is 5.13 Å². The molecule has 7 heteroatoms. The van der Waals surface area contributed by atoms with Crippen LogP contribution in [0.2, 0.25) is 5.02 Å². The van der Waals surface area contributed by atoms with E-state index in [2.05, 4.69) is 9.97 Å². The Bertz CT molecular complexity index is 880. The molecular weight excluding hydrogens is 374 g/mol. The Morgan fingerprint density at radius 3 is 2.72 bits per heavy atom. The van der Waals surface area contributed by atoms with Crippen LogP contribution >= 0.6 is 34.7 Å². The van der Waals surface area contributed by atoms with Crippen LogP contribution in [-0.4, -0.2) is 15.9 Å². The summed E-state index contributed by atoms with van der Waals surface area (Å²) in [7, 11) is 0. The number of carbonyl (C=O) groups is 1.